The molecule has 2 heteroatoms. The predicted octanol–water partition coefficient (Wildman–Crippen LogP) is 4.13. The van der Waals surface area contributed by atoms with E-state index in [4.69, 9.17) is 4.74 Å². The number of rotatable bonds is 4. The molecule has 1 saturated carbocycles. The number of allylic oxidation sites excluding steroid dienone is 3. The summed E-state index contributed by atoms with van der Waals surface area (Å²) in [5.74, 6) is 0.0265. The molecule has 1 nitrogen and oxygen atoms in total. The second-order valence-electron chi connectivity index (χ2n) is 3.05. The molecule has 1 aliphatic carbocycles. The molecule has 14 heavy (non-hydrogen) atoms. The molecule has 0 saturated heterocycles. The molecule has 0 atom stereocenters. The zero-order chi connectivity index (χ0) is 11.1. The van der Waals surface area contributed by atoms with Gasteiger partial charge in [-0.05, 0) is 25.3 Å². The molecule has 0 amide bonds. The zero-order valence-corrected chi connectivity index (χ0v) is 9.27. The summed E-state index contributed by atoms with van der Waals surface area (Å²) in [7, 11) is 0. The number of hydrogen-bond acceptors (Lipinski definition) is 1. The first-order valence-corrected chi connectivity index (χ1v) is 4.98. The molecular weight excluding hydrogens is 179 g/mol. The second kappa shape index (κ2) is 6.41. The van der Waals surface area contributed by atoms with E-state index in [9.17, 15) is 4.39 Å². The van der Waals surface area contributed by atoms with Crippen LogP contribution in [0.5, 0.6) is 0 Å². The molecule has 0 N–H and O–H groups in total. The summed E-state index contributed by atoms with van der Waals surface area (Å²) < 4.78 is 17.8. The third-order valence-electron chi connectivity index (χ3n) is 1.53. The van der Waals surface area contributed by atoms with Crippen molar-refractivity contribution in [3.63, 3.8) is 0 Å². The van der Waals surface area contributed by atoms with E-state index >= 15 is 0 Å². The van der Waals surface area contributed by atoms with Crippen LogP contribution in [0.25, 0.3) is 0 Å². The Bertz CT molecular complexity index is 237. The van der Waals surface area contributed by atoms with Gasteiger partial charge in [0.1, 0.15) is 11.6 Å². The van der Waals surface area contributed by atoms with Gasteiger partial charge in [-0.25, -0.2) is 4.39 Å². The normalized spacial score (nSPS) is 15.3. The highest BCUT2D eigenvalue weighted by molar-refractivity contribution is 5.26. The smallest absolute Gasteiger partial charge is 0.124 e. The molecule has 0 bridgehead atoms. The minimum absolute atomic E-state index is 0.271. The maximum Gasteiger partial charge on any atom is 0.124 e. The van der Waals surface area contributed by atoms with E-state index in [0.29, 0.717) is 5.76 Å². The Morgan fingerprint density at radius 2 is 1.86 bits per heavy atom. The van der Waals surface area contributed by atoms with Gasteiger partial charge in [-0.3, -0.25) is 0 Å². The van der Waals surface area contributed by atoms with Gasteiger partial charge in [0.15, 0.2) is 0 Å². The number of ether oxygens (including phenoxy) is 1. The summed E-state index contributed by atoms with van der Waals surface area (Å²) in [4.78, 5) is 0. The Labute approximate surface area is 86.0 Å². The van der Waals surface area contributed by atoms with Crippen molar-refractivity contribution in [1.29, 1.82) is 0 Å². The Balaban J connectivity index is 0.000000791. The predicted molar refractivity (Wildman–Crippen MR) is 58.6 cm³/mol. The number of halogens is 1. The van der Waals surface area contributed by atoms with Crippen molar-refractivity contribution in [2.45, 2.75) is 39.7 Å². The van der Waals surface area contributed by atoms with Gasteiger partial charge in [-0.15, -0.1) is 0 Å². The lowest BCUT2D eigenvalue weighted by atomic mass is 10.2. The molecule has 80 valence electrons. The third kappa shape index (κ3) is 5.57. The van der Waals surface area contributed by atoms with Crippen LogP contribution in [-0.2, 0) is 4.74 Å². The molecule has 1 rings (SSSR count). The van der Waals surface area contributed by atoms with E-state index in [1.807, 2.05) is 13.8 Å². The number of hydrogen-bond donors (Lipinski definition) is 0. The fourth-order valence-electron chi connectivity index (χ4n) is 0.766. The fourth-order valence-corrected chi connectivity index (χ4v) is 0.766. The first kappa shape index (κ1) is 12.9. The molecule has 1 aliphatic rings. The van der Waals surface area contributed by atoms with E-state index in [1.165, 1.54) is 6.08 Å². The molecule has 0 aromatic carbocycles. The van der Waals surface area contributed by atoms with Gasteiger partial charge < -0.3 is 4.74 Å². The Morgan fingerprint density at radius 1 is 1.36 bits per heavy atom. The van der Waals surface area contributed by atoms with E-state index < -0.39 is 5.83 Å². The minimum atomic E-state index is -0.492. The van der Waals surface area contributed by atoms with Crippen molar-refractivity contribution < 1.29 is 9.13 Å². The monoisotopic (exact) mass is 198 g/mol. The van der Waals surface area contributed by atoms with E-state index in [2.05, 4.69) is 13.2 Å². The van der Waals surface area contributed by atoms with Crippen LogP contribution >= 0.6 is 0 Å². The lowest BCUT2D eigenvalue weighted by Gasteiger charge is -2.07. The molecule has 0 radical (unpaired) electrons. The van der Waals surface area contributed by atoms with Crippen LogP contribution in [0.1, 0.15) is 33.6 Å². The van der Waals surface area contributed by atoms with Crippen molar-refractivity contribution in [1.82, 2.24) is 0 Å². The Kier molecular flexibility index (Phi) is 5.93. The van der Waals surface area contributed by atoms with Crippen LogP contribution in [0.3, 0.4) is 0 Å². The summed E-state index contributed by atoms with van der Waals surface area (Å²) in [6, 6.07) is 0. The van der Waals surface area contributed by atoms with Gasteiger partial charge >= 0.3 is 0 Å². The van der Waals surface area contributed by atoms with Crippen molar-refractivity contribution in [2.24, 2.45) is 0 Å². The maximum atomic E-state index is 12.4. The van der Waals surface area contributed by atoms with Crippen LogP contribution < -0.4 is 0 Å². The highest BCUT2D eigenvalue weighted by atomic mass is 19.1. The molecule has 0 heterocycles. The molecule has 0 spiro atoms. The second-order valence-corrected chi connectivity index (χ2v) is 3.05. The van der Waals surface area contributed by atoms with E-state index in [-0.39, 0.29) is 6.10 Å². The van der Waals surface area contributed by atoms with Crippen molar-refractivity contribution >= 4 is 0 Å². The van der Waals surface area contributed by atoms with Gasteiger partial charge in [0.25, 0.3) is 0 Å². The summed E-state index contributed by atoms with van der Waals surface area (Å²) in [5, 5.41) is 0. The van der Waals surface area contributed by atoms with Gasteiger partial charge in [-0.2, -0.15) is 0 Å². The van der Waals surface area contributed by atoms with Crippen LogP contribution in [0.15, 0.2) is 36.4 Å². The van der Waals surface area contributed by atoms with Gasteiger partial charge in [-0.1, -0.05) is 27.0 Å². The highest BCUT2D eigenvalue weighted by Crippen LogP contribution is 2.28. The first-order valence-electron chi connectivity index (χ1n) is 4.98. The van der Waals surface area contributed by atoms with E-state index in [1.54, 1.807) is 6.92 Å². The highest BCUT2D eigenvalue weighted by Gasteiger charge is 2.24. The summed E-state index contributed by atoms with van der Waals surface area (Å²) in [6.45, 7) is 12.6. The molecule has 1 fully saturated rings. The van der Waals surface area contributed by atoms with Crippen molar-refractivity contribution in [3.05, 3.63) is 36.4 Å². The quantitative estimate of drug-likeness (QED) is 0.487. The standard InChI is InChI=1S/C10H13FO.C2H6/c1-7(2)10(6-8(3)11)12-9-4-5-9;1-2/h6,9H,1,3-5H2,2H3;1-2H3/b10-6+;. The fraction of sp³-hybridized carbons (Fsp3) is 0.500. The molecule has 0 aliphatic heterocycles. The summed E-state index contributed by atoms with van der Waals surface area (Å²) in [6.07, 6.45) is 3.67. The van der Waals surface area contributed by atoms with Crippen molar-refractivity contribution in [3.8, 4) is 0 Å². The van der Waals surface area contributed by atoms with Crippen LogP contribution in [0.4, 0.5) is 4.39 Å². The maximum absolute atomic E-state index is 12.4. The zero-order valence-electron chi connectivity index (χ0n) is 9.27. The SMILES string of the molecule is C=C(F)/C=C(/OC1CC1)C(=C)C.CC. The minimum Gasteiger partial charge on any atom is -0.490 e. The average Bonchev–Trinajstić information content (AvgIpc) is 2.90. The average molecular weight is 198 g/mol. The molecular formula is C12H19FO. The van der Waals surface area contributed by atoms with Gasteiger partial charge in [0, 0.05) is 6.08 Å². The van der Waals surface area contributed by atoms with Crippen molar-refractivity contribution in [2.75, 3.05) is 0 Å². The van der Waals surface area contributed by atoms with E-state index in [0.717, 1.165) is 18.4 Å². The van der Waals surface area contributed by atoms with Crippen LogP contribution in [0.2, 0.25) is 0 Å². The largest absolute Gasteiger partial charge is 0.490 e. The molecule has 0 unspecified atom stereocenters. The first-order chi connectivity index (χ1) is 6.59. The van der Waals surface area contributed by atoms with Gasteiger partial charge in [0.05, 0.1) is 6.10 Å². The Hall–Kier alpha value is -1.05. The molecule has 0 aromatic rings. The topological polar surface area (TPSA) is 9.23 Å². The van der Waals surface area contributed by atoms with Gasteiger partial charge in [0.2, 0.25) is 0 Å². The lowest BCUT2D eigenvalue weighted by molar-refractivity contribution is 0.204. The Morgan fingerprint density at radius 3 is 2.14 bits per heavy atom. The van der Waals surface area contributed by atoms with Crippen LogP contribution in [-0.4, -0.2) is 6.10 Å². The van der Waals surface area contributed by atoms with Crippen LogP contribution in [0, 0.1) is 0 Å². The molecule has 0 aromatic heterocycles. The summed E-state index contributed by atoms with van der Waals surface area (Å²) in [5.41, 5.74) is 0.737. The lowest BCUT2D eigenvalue weighted by Crippen LogP contribution is -1.95. The third-order valence-corrected chi connectivity index (χ3v) is 1.53. The summed E-state index contributed by atoms with van der Waals surface area (Å²) >= 11 is 0.